The summed E-state index contributed by atoms with van der Waals surface area (Å²) < 4.78 is 34.1. The van der Waals surface area contributed by atoms with Crippen LogP contribution in [0, 0.1) is 20.8 Å². The highest BCUT2D eigenvalue weighted by Gasteiger charge is 2.54. The average molecular weight is 429 g/mol. The van der Waals surface area contributed by atoms with Gasteiger partial charge >= 0.3 is 0 Å². The van der Waals surface area contributed by atoms with Crippen molar-refractivity contribution in [3.63, 3.8) is 0 Å². The van der Waals surface area contributed by atoms with Crippen molar-refractivity contribution in [2.45, 2.75) is 44.4 Å². The highest BCUT2D eigenvalue weighted by atomic mass is 32.2. The van der Waals surface area contributed by atoms with Crippen molar-refractivity contribution in [1.82, 2.24) is 9.62 Å². The summed E-state index contributed by atoms with van der Waals surface area (Å²) in [4.78, 5) is 12.0. The maximum Gasteiger partial charge on any atom is 0.244 e. The first kappa shape index (κ1) is 22.2. The molecule has 30 heavy (non-hydrogen) atoms. The second-order valence-electron chi connectivity index (χ2n) is 7.59. The van der Waals surface area contributed by atoms with E-state index in [9.17, 15) is 13.2 Å². The molecule has 1 heterocycles. The molecule has 0 spiro atoms. The SMILES string of the molecule is CNC(=O)/C=C/[C@H]1[C@@H](COCc2ccccc2)N1S(=O)(=O)c1c(C)cc(C)cc1C. The molecule has 0 radical (unpaired) electrons. The summed E-state index contributed by atoms with van der Waals surface area (Å²) in [6.07, 6.45) is 3.00. The molecule has 0 aliphatic carbocycles. The van der Waals surface area contributed by atoms with Crippen molar-refractivity contribution >= 4 is 15.9 Å². The van der Waals surface area contributed by atoms with Gasteiger partial charge < -0.3 is 10.1 Å². The molecule has 6 nitrogen and oxygen atoms in total. The number of likely N-dealkylation sites (N-methyl/N-ethyl adjacent to an activating group) is 1. The van der Waals surface area contributed by atoms with E-state index < -0.39 is 16.1 Å². The second kappa shape index (κ2) is 9.12. The third kappa shape index (κ3) is 4.80. The van der Waals surface area contributed by atoms with Crippen LogP contribution in [0.2, 0.25) is 0 Å². The number of hydrogen-bond acceptors (Lipinski definition) is 4. The van der Waals surface area contributed by atoms with Crippen molar-refractivity contribution in [2.75, 3.05) is 13.7 Å². The van der Waals surface area contributed by atoms with Gasteiger partial charge in [0.05, 0.1) is 30.2 Å². The summed E-state index contributed by atoms with van der Waals surface area (Å²) in [6, 6.07) is 12.7. The molecule has 0 saturated carbocycles. The van der Waals surface area contributed by atoms with Crippen molar-refractivity contribution < 1.29 is 17.9 Å². The minimum absolute atomic E-state index is 0.251. The topological polar surface area (TPSA) is 75.5 Å². The molecule has 1 aliphatic heterocycles. The molecule has 1 aliphatic rings. The average Bonchev–Trinajstić information content (AvgIpc) is 3.39. The molecule has 1 fully saturated rings. The van der Waals surface area contributed by atoms with Crippen molar-refractivity contribution in [1.29, 1.82) is 0 Å². The summed E-state index contributed by atoms with van der Waals surface area (Å²) in [6.45, 7) is 6.22. The molecule has 1 unspecified atom stereocenters. The van der Waals surface area contributed by atoms with Gasteiger partial charge in [-0.2, -0.15) is 4.31 Å². The zero-order chi connectivity index (χ0) is 21.9. The summed E-state index contributed by atoms with van der Waals surface area (Å²) in [5.74, 6) is -0.272. The van der Waals surface area contributed by atoms with Crippen molar-refractivity contribution in [3.05, 3.63) is 76.9 Å². The molecule has 0 bridgehead atoms. The van der Waals surface area contributed by atoms with Gasteiger partial charge in [-0.05, 0) is 37.5 Å². The van der Waals surface area contributed by atoms with Gasteiger partial charge in [0.25, 0.3) is 0 Å². The number of nitrogens with zero attached hydrogens (tertiary/aromatic N) is 1. The van der Waals surface area contributed by atoms with E-state index in [0.29, 0.717) is 11.5 Å². The Morgan fingerprint density at radius 2 is 1.77 bits per heavy atom. The van der Waals surface area contributed by atoms with E-state index in [-0.39, 0.29) is 18.6 Å². The van der Waals surface area contributed by atoms with Crippen LogP contribution < -0.4 is 5.32 Å². The zero-order valence-corrected chi connectivity index (χ0v) is 18.6. The molecule has 1 amide bonds. The predicted molar refractivity (Wildman–Crippen MR) is 117 cm³/mol. The Balaban J connectivity index is 1.82. The minimum Gasteiger partial charge on any atom is -0.375 e. The first-order chi connectivity index (χ1) is 14.3. The van der Waals surface area contributed by atoms with Crippen LogP contribution in [0.3, 0.4) is 0 Å². The fraction of sp³-hybridized carbons (Fsp3) is 0.348. The van der Waals surface area contributed by atoms with E-state index >= 15 is 0 Å². The smallest absolute Gasteiger partial charge is 0.244 e. The van der Waals surface area contributed by atoms with Crippen LogP contribution in [0.5, 0.6) is 0 Å². The highest BCUT2D eigenvalue weighted by Crippen LogP contribution is 2.39. The van der Waals surface area contributed by atoms with Gasteiger partial charge in [-0.25, -0.2) is 8.42 Å². The van der Waals surface area contributed by atoms with Crippen molar-refractivity contribution in [2.24, 2.45) is 0 Å². The zero-order valence-electron chi connectivity index (χ0n) is 17.8. The van der Waals surface area contributed by atoms with E-state index in [2.05, 4.69) is 5.32 Å². The monoisotopic (exact) mass is 428 g/mol. The molecule has 160 valence electrons. The Morgan fingerprint density at radius 1 is 1.13 bits per heavy atom. The van der Waals surface area contributed by atoms with Crippen LogP contribution in [-0.2, 0) is 26.2 Å². The molecule has 7 heteroatoms. The minimum atomic E-state index is -3.72. The van der Waals surface area contributed by atoms with Crippen LogP contribution in [-0.4, -0.2) is 44.4 Å². The Morgan fingerprint density at radius 3 is 2.37 bits per heavy atom. The third-order valence-corrected chi connectivity index (χ3v) is 7.39. The number of benzene rings is 2. The second-order valence-corrected chi connectivity index (χ2v) is 9.37. The van der Waals surface area contributed by atoms with Crippen LogP contribution in [0.25, 0.3) is 0 Å². The number of nitrogens with one attached hydrogen (secondary N) is 1. The Hall–Kier alpha value is -2.48. The molecule has 1 saturated heterocycles. The van der Waals surface area contributed by atoms with Crippen LogP contribution in [0.4, 0.5) is 0 Å². The van der Waals surface area contributed by atoms with E-state index in [1.165, 1.54) is 17.4 Å². The number of amides is 1. The van der Waals surface area contributed by atoms with Crippen LogP contribution in [0.15, 0.2) is 59.5 Å². The Labute approximate surface area is 178 Å². The summed E-state index contributed by atoms with van der Waals surface area (Å²) in [5, 5.41) is 2.51. The predicted octanol–water partition coefficient (Wildman–Crippen LogP) is 2.87. The molecule has 2 aromatic carbocycles. The fourth-order valence-corrected chi connectivity index (χ4v) is 5.98. The van der Waals surface area contributed by atoms with Gasteiger partial charge in [-0.1, -0.05) is 54.1 Å². The maximum atomic E-state index is 13.5. The molecule has 2 aromatic rings. The van der Waals surface area contributed by atoms with Gasteiger partial charge in [0.2, 0.25) is 15.9 Å². The maximum absolute atomic E-state index is 13.5. The lowest BCUT2D eigenvalue weighted by Gasteiger charge is -2.13. The molecule has 0 aromatic heterocycles. The normalized spacial score (nSPS) is 21.0. The number of sulfonamides is 1. The first-order valence-corrected chi connectivity index (χ1v) is 11.3. The highest BCUT2D eigenvalue weighted by molar-refractivity contribution is 7.89. The summed E-state index contributed by atoms with van der Waals surface area (Å²) in [5.41, 5.74) is 3.48. The van der Waals surface area contributed by atoms with E-state index in [4.69, 9.17) is 4.74 Å². The summed E-state index contributed by atoms with van der Waals surface area (Å²) >= 11 is 0. The largest absolute Gasteiger partial charge is 0.375 e. The quantitative estimate of drug-likeness (QED) is 0.518. The number of ether oxygens (including phenoxy) is 1. The van der Waals surface area contributed by atoms with Gasteiger partial charge in [-0.3, -0.25) is 4.79 Å². The molecular weight excluding hydrogens is 400 g/mol. The molecular formula is C23H28N2O4S. The van der Waals surface area contributed by atoms with Gasteiger partial charge in [-0.15, -0.1) is 0 Å². The van der Waals surface area contributed by atoms with Crippen LogP contribution >= 0.6 is 0 Å². The fourth-order valence-electron chi connectivity index (χ4n) is 3.82. The molecule has 3 atom stereocenters. The first-order valence-electron chi connectivity index (χ1n) is 9.88. The lowest BCUT2D eigenvalue weighted by atomic mass is 10.1. The van der Waals surface area contributed by atoms with Crippen LogP contribution in [0.1, 0.15) is 22.3 Å². The molecule has 3 rings (SSSR count). The van der Waals surface area contributed by atoms with Gasteiger partial charge in [0.15, 0.2) is 0 Å². The number of carbonyl (C=O) groups is 1. The Bertz CT molecular complexity index is 1030. The number of aryl methyl sites for hydroxylation is 3. The van der Waals surface area contributed by atoms with Gasteiger partial charge in [0.1, 0.15) is 0 Å². The lowest BCUT2D eigenvalue weighted by Crippen LogP contribution is -2.20. The Kier molecular flexibility index (Phi) is 6.75. The number of hydrogen-bond donors (Lipinski definition) is 1. The van der Waals surface area contributed by atoms with E-state index in [0.717, 1.165) is 22.3 Å². The van der Waals surface area contributed by atoms with E-state index in [1.807, 2.05) is 63.2 Å². The number of rotatable bonds is 8. The summed E-state index contributed by atoms with van der Waals surface area (Å²) in [7, 11) is -2.19. The third-order valence-electron chi connectivity index (χ3n) is 5.16. The van der Waals surface area contributed by atoms with Crippen molar-refractivity contribution in [3.8, 4) is 0 Å². The molecule has 1 N–H and O–H groups in total. The standard InChI is InChI=1S/C23H28N2O4S/c1-16-12-17(2)23(18(3)13-16)30(27,28)25-20(10-11-22(26)24-4)21(25)15-29-14-19-8-6-5-7-9-19/h5-13,20-21H,14-15H2,1-4H3,(H,24,26)/b11-10+/t20-,21+,25?/m0/s1. The van der Waals surface area contributed by atoms with E-state index in [1.54, 1.807) is 6.08 Å². The van der Waals surface area contributed by atoms with Gasteiger partial charge in [0, 0.05) is 13.1 Å². The lowest BCUT2D eigenvalue weighted by molar-refractivity contribution is -0.116. The number of carbonyl (C=O) groups excluding carboxylic acids is 1.